The Morgan fingerprint density at radius 3 is 1.67 bits per heavy atom. The molecule has 0 aliphatic rings. The molecule has 0 aliphatic heterocycles. The number of rotatable bonds is 2. The zero-order chi connectivity index (χ0) is 8.62. The third kappa shape index (κ3) is 39.6. The number of hydrogen-bond donors (Lipinski definition) is 2. The fourth-order valence-electron chi connectivity index (χ4n) is 0.168. The predicted molar refractivity (Wildman–Crippen MR) is 41.4 cm³/mol. The Balaban J connectivity index is -0.0000000569. The second-order valence-corrected chi connectivity index (χ2v) is 6.54. The number of phosphoric ester groups is 1. The van der Waals surface area contributed by atoms with Gasteiger partial charge in [0.1, 0.15) is 0 Å². The fraction of sp³-hybridized carbons (Fsp3) is 1.00. The molecule has 0 bridgehead atoms. The van der Waals surface area contributed by atoms with Crippen molar-refractivity contribution in [2.24, 2.45) is 0 Å². The molecule has 2 N–H and O–H groups in total. The molecule has 0 unspecified atom stereocenters. The second-order valence-electron chi connectivity index (χ2n) is 1.41. The van der Waals surface area contributed by atoms with Gasteiger partial charge in [0.05, 0.1) is 6.61 Å². The van der Waals surface area contributed by atoms with E-state index < -0.39 is 7.82 Å². The Bertz CT molecular complexity index is 109. The first-order chi connectivity index (χ1) is 4.47. The molecule has 0 rings (SSSR count). The summed E-state index contributed by atoms with van der Waals surface area (Å²) in [6.45, 7) is 3.77. The van der Waals surface area contributed by atoms with Gasteiger partial charge >= 0.3 is 44.8 Å². The fourth-order valence-corrected chi connectivity index (χ4v) is 0.505. The SMILES string of the molecule is CCOP(=O)(O)O.C[CH2][Hg].Cl.[Hg]. The van der Waals surface area contributed by atoms with Crippen molar-refractivity contribution in [3.8, 4) is 0 Å². The molecule has 0 fully saturated rings. The Hall–Kier alpha value is 2.27. The summed E-state index contributed by atoms with van der Waals surface area (Å²) in [5.74, 6) is 0. The summed E-state index contributed by atoms with van der Waals surface area (Å²) in [4.78, 5) is 15.8. The van der Waals surface area contributed by atoms with E-state index in [-0.39, 0.29) is 46.7 Å². The quantitative estimate of drug-likeness (QED) is 0.377. The predicted octanol–water partition coefficient (Wildman–Crippen LogP) is 1.51. The summed E-state index contributed by atoms with van der Waals surface area (Å²) in [6, 6.07) is 0. The average Bonchev–Trinajstić information content (AvgIpc) is 1.63. The summed E-state index contributed by atoms with van der Waals surface area (Å²) < 4.78 is 15.0. The van der Waals surface area contributed by atoms with Crippen molar-refractivity contribution in [3.63, 3.8) is 0 Å². The van der Waals surface area contributed by atoms with Crippen LogP contribution in [0.2, 0.25) is 3.93 Å². The molecule has 4 nitrogen and oxygen atoms in total. The molecule has 12 heavy (non-hydrogen) atoms. The molecule has 0 aromatic carbocycles. The second kappa shape index (κ2) is 15.7. The van der Waals surface area contributed by atoms with Crippen LogP contribution in [-0.4, -0.2) is 16.4 Å². The largest absolute Gasteiger partial charge is 0.147 e. The summed E-state index contributed by atoms with van der Waals surface area (Å²) in [5, 5.41) is 0. The van der Waals surface area contributed by atoms with Gasteiger partial charge in [-0.2, -0.15) is 0 Å². The Morgan fingerprint density at radius 1 is 1.42 bits per heavy atom. The van der Waals surface area contributed by atoms with Gasteiger partial charge in [-0.25, -0.2) is 4.57 Å². The van der Waals surface area contributed by atoms with Gasteiger partial charge in [0.25, 0.3) is 0 Å². The number of halogens is 1. The zero-order valence-electron chi connectivity index (χ0n) is 7.39. The Kier molecular flexibility index (Phi) is 31.2. The van der Waals surface area contributed by atoms with Crippen LogP contribution in [-0.2, 0) is 62.9 Å². The van der Waals surface area contributed by atoms with Gasteiger partial charge in [-0.05, 0) is 6.92 Å². The number of hydrogen-bond acceptors (Lipinski definition) is 2. The van der Waals surface area contributed by atoms with Crippen LogP contribution in [0.1, 0.15) is 13.8 Å². The van der Waals surface area contributed by atoms with E-state index in [1.165, 1.54) is 10.9 Å². The molecule has 0 atom stereocenters. The van der Waals surface area contributed by atoms with E-state index in [4.69, 9.17) is 9.79 Å². The van der Waals surface area contributed by atoms with Crippen LogP contribution >= 0.6 is 20.2 Å². The Labute approximate surface area is 116 Å². The van der Waals surface area contributed by atoms with Crippen LogP contribution < -0.4 is 0 Å². The summed E-state index contributed by atoms with van der Waals surface area (Å²) in [7, 11) is -4.17. The standard InChI is InChI=1S/C2H7O4P.C2H5.ClH.2Hg/c1-2-6-7(3,4)5;1-2;;;/h2H2,1H3,(H2,3,4,5);1H2,2H3;1H;;. The van der Waals surface area contributed by atoms with E-state index >= 15 is 0 Å². The molecule has 0 aromatic rings. The maximum absolute atomic E-state index is 9.70. The van der Waals surface area contributed by atoms with Crippen molar-refractivity contribution in [2.45, 2.75) is 17.8 Å². The molecular weight excluding hydrogens is 580 g/mol. The molecule has 0 aromatic heterocycles. The topological polar surface area (TPSA) is 66.8 Å². The monoisotopic (exact) mass is 595 g/mol. The van der Waals surface area contributed by atoms with Crippen molar-refractivity contribution in [1.29, 1.82) is 0 Å². The summed E-state index contributed by atoms with van der Waals surface area (Å²) in [5.41, 5.74) is 0. The first-order valence-corrected chi connectivity index (χ1v) is 8.39. The minimum atomic E-state index is -4.17. The molecule has 0 amide bonds. The van der Waals surface area contributed by atoms with Crippen LogP contribution in [0.4, 0.5) is 0 Å². The Morgan fingerprint density at radius 2 is 1.67 bits per heavy atom. The van der Waals surface area contributed by atoms with Crippen molar-refractivity contribution in [1.82, 2.24) is 0 Å². The number of phosphoric acid groups is 1. The van der Waals surface area contributed by atoms with Crippen LogP contribution in [0.3, 0.4) is 0 Å². The summed E-state index contributed by atoms with van der Waals surface area (Å²) in [6.07, 6.45) is 0. The first-order valence-electron chi connectivity index (χ1n) is 2.97. The molecule has 0 saturated heterocycles. The van der Waals surface area contributed by atoms with Gasteiger partial charge in [-0.15, -0.1) is 12.4 Å². The van der Waals surface area contributed by atoms with Crippen LogP contribution in [0.15, 0.2) is 0 Å². The third-order valence-corrected chi connectivity index (χ3v) is 0.892. The van der Waals surface area contributed by atoms with Crippen LogP contribution in [0, 0.1) is 0 Å². The minimum absolute atomic E-state index is 0. The minimum Gasteiger partial charge on any atom is -0.147 e. The normalized spacial score (nSPS) is 8.50. The van der Waals surface area contributed by atoms with E-state index in [0.717, 1.165) is 26.1 Å². The van der Waals surface area contributed by atoms with E-state index in [1.54, 1.807) is 0 Å². The smallest absolute Gasteiger partial charge is 0 e. The van der Waals surface area contributed by atoms with E-state index in [1.807, 2.05) is 0 Å². The van der Waals surface area contributed by atoms with Crippen molar-refractivity contribution < 1.29 is 72.7 Å². The molecule has 0 heterocycles. The van der Waals surface area contributed by atoms with Crippen molar-refractivity contribution >= 4 is 20.2 Å². The van der Waals surface area contributed by atoms with Crippen LogP contribution in [0.5, 0.6) is 0 Å². The molecule has 69 valence electrons. The van der Waals surface area contributed by atoms with E-state index in [9.17, 15) is 4.57 Å². The van der Waals surface area contributed by atoms with Gasteiger partial charge in [-0.3, -0.25) is 4.52 Å². The van der Waals surface area contributed by atoms with Gasteiger partial charge in [0.15, 0.2) is 0 Å². The van der Waals surface area contributed by atoms with E-state index in [0.29, 0.717) is 0 Å². The summed E-state index contributed by atoms with van der Waals surface area (Å²) >= 11 is 1.07. The molecule has 0 radical (unpaired) electrons. The average molecular weight is 593 g/mol. The van der Waals surface area contributed by atoms with Crippen molar-refractivity contribution in [2.75, 3.05) is 6.61 Å². The van der Waals surface area contributed by atoms with Crippen LogP contribution in [0.25, 0.3) is 0 Å². The zero-order valence-corrected chi connectivity index (χ0v) is 20.1. The molecular formula is C4H13ClHg2O4P. The molecule has 0 spiro atoms. The third-order valence-electron chi connectivity index (χ3n) is 0.297. The van der Waals surface area contributed by atoms with Gasteiger partial charge < -0.3 is 9.79 Å². The maximum Gasteiger partial charge on any atom is 0 e. The molecule has 8 heteroatoms. The van der Waals surface area contributed by atoms with Gasteiger partial charge in [0, 0.05) is 27.7 Å². The maximum atomic E-state index is 9.70. The van der Waals surface area contributed by atoms with E-state index in [2.05, 4.69) is 11.4 Å². The molecule has 0 saturated carbocycles. The van der Waals surface area contributed by atoms with Crippen molar-refractivity contribution in [3.05, 3.63) is 0 Å². The van der Waals surface area contributed by atoms with Gasteiger partial charge in [0.2, 0.25) is 0 Å². The van der Waals surface area contributed by atoms with Gasteiger partial charge in [-0.1, -0.05) is 0 Å². The molecule has 0 aliphatic carbocycles. The first kappa shape index (κ1) is 23.8.